The van der Waals surface area contributed by atoms with Crippen LogP contribution in [0.25, 0.3) is 11.9 Å². The molecule has 0 heterocycles. The van der Waals surface area contributed by atoms with E-state index < -0.39 is 0 Å². The summed E-state index contributed by atoms with van der Waals surface area (Å²) in [6, 6.07) is 5.87. The van der Waals surface area contributed by atoms with Crippen LogP contribution in [0, 0.1) is 0 Å². The Morgan fingerprint density at radius 1 is 1.36 bits per heavy atom. The molecule has 11 heavy (non-hydrogen) atoms. The Kier molecular flexibility index (Phi) is 1.31. The van der Waals surface area contributed by atoms with E-state index in [-0.39, 0.29) is 5.83 Å². The highest BCUT2D eigenvalue weighted by molar-refractivity contribution is 5.91. The molecule has 0 atom stereocenters. The van der Waals surface area contributed by atoms with Gasteiger partial charge in [-0.3, -0.25) is 0 Å². The summed E-state index contributed by atoms with van der Waals surface area (Å²) < 4.78 is 12.6. The lowest BCUT2D eigenvalue weighted by molar-refractivity contribution is 0.757. The molecule has 0 fully saturated rings. The highest BCUT2D eigenvalue weighted by Crippen LogP contribution is 2.33. The Bertz CT molecular complexity index is 324. The van der Waals surface area contributed by atoms with Crippen molar-refractivity contribution in [1.29, 1.82) is 0 Å². The Morgan fingerprint density at radius 2 is 2.18 bits per heavy atom. The maximum Gasteiger partial charge on any atom is 0.131 e. The average molecular weight is 148 g/mol. The number of hydrogen-bond donors (Lipinski definition) is 0. The molecule has 0 N–H and O–H groups in total. The first-order valence-electron chi connectivity index (χ1n) is 3.82. The van der Waals surface area contributed by atoms with Crippen LogP contribution in [-0.4, -0.2) is 0 Å². The lowest BCUT2D eigenvalue weighted by Gasteiger charge is -2.13. The van der Waals surface area contributed by atoms with Crippen molar-refractivity contribution in [1.82, 2.24) is 0 Å². The van der Waals surface area contributed by atoms with Crippen LogP contribution in [0.5, 0.6) is 0 Å². The maximum absolute atomic E-state index is 12.6. The van der Waals surface area contributed by atoms with Gasteiger partial charge in [0.1, 0.15) is 5.83 Å². The molecule has 0 bridgehead atoms. The fourth-order valence-electron chi connectivity index (χ4n) is 1.31. The number of benzene rings is 1. The van der Waals surface area contributed by atoms with Crippen LogP contribution in [0.15, 0.2) is 18.2 Å². The molecule has 0 aromatic heterocycles. The summed E-state index contributed by atoms with van der Waals surface area (Å²) in [4.78, 5) is 0. The van der Waals surface area contributed by atoms with E-state index in [0.717, 1.165) is 17.5 Å². The van der Waals surface area contributed by atoms with Crippen LogP contribution in [0.4, 0.5) is 4.39 Å². The van der Waals surface area contributed by atoms with Gasteiger partial charge in [0.05, 0.1) is 0 Å². The highest BCUT2D eigenvalue weighted by atomic mass is 19.1. The van der Waals surface area contributed by atoms with Gasteiger partial charge in [-0.25, -0.2) is 4.39 Å². The van der Waals surface area contributed by atoms with E-state index >= 15 is 0 Å². The van der Waals surface area contributed by atoms with Gasteiger partial charge in [-0.1, -0.05) is 25.1 Å². The summed E-state index contributed by atoms with van der Waals surface area (Å²) in [5.41, 5.74) is 3.08. The van der Waals surface area contributed by atoms with E-state index in [1.165, 1.54) is 5.56 Å². The second-order valence-electron chi connectivity index (χ2n) is 2.77. The summed E-state index contributed by atoms with van der Waals surface area (Å²) in [6.07, 6.45) is 2.59. The third kappa shape index (κ3) is 0.881. The van der Waals surface area contributed by atoms with Gasteiger partial charge in [0.25, 0.3) is 0 Å². The second kappa shape index (κ2) is 2.19. The predicted octanol–water partition coefficient (Wildman–Crippen LogP) is 3.03. The molecule has 0 radical (unpaired) electrons. The normalized spacial score (nSPS) is 13.5. The molecule has 0 saturated heterocycles. The molecular weight excluding hydrogens is 139 g/mol. The highest BCUT2D eigenvalue weighted by Gasteiger charge is 2.14. The second-order valence-corrected chi connectivity index (χ2v) is 2.77. The third-order valence-electron chi connectivity index (χ3n) is 2.06. The zero-order valence-corrected chi connectivity index (χ0v) is 6.39. The van der Waals surface area contributed by atoms with Crippen LogP contribution in [0.1, 0.15) is 23.6 Å². The van der Waals surface area contributed by atoms with E-state index in [9.17, 15) is 4.39 Å². The van der Waals surface area contributed by atoms with E-state index in [4.69, 9.17) is 0 Å². The molecule has 1 aromatic carbocycles. The maximum atomic E-state index is 12.6. The topological polar surface area (TPSA) is 0 Å². The number of aryl methyl sites for hydroxylation is 1. The first-order chi connectivity index (χ1) is 5.31. The average Bonchev–Trinajstić information content (AvgIpc) is 2.02. The molecule has 0 unspecified atom stereocenters. The molecular formula is C10H9F. The molecule has 1 aliphatic carbocycles. The zero-order valence-electron chi connectivity index (χ0n) is 6.39. The van der Waals surface area contributed by atoms with E-state index in [1.807, 2.05) is 18.2 Å². The summed E-state index contributed by atoms with van der Waals surface area (Å²) in [5.74, 6) is -0.0809. The lowest BCUT2D eigenvalue weighted by Crippen LogP contribution is -1.95. The summed E-state index contributed by atoms with van der Waals surface area (Å²) in [7, 11) is 0. The minimum atomic E-state index is -0.0809. The smallest absolute Gasteiger partial charge is 0.131 e. The van der Waals surface area contributed by atoms with Gasteiger partial charge in [-0.2, -0.15) is 0 Å². The van der Waals surface area contributed by atoms with Gasteiger partial charge in [0.15, 0.2) is 0 Å². The fourth-order valence-corrected chi connectivity index (χ4v) is 1.31. The van der Waals surface area contributed by atoms with E-state index in [1.54, 1.807) is 6.08 Å². The lowest BCUT2D eigenvalue weighted by atomic mass is 9.94. The van der Waals surface area contributed by atoms with Crippen molar-refractivity contribution in [2.75, 3.05) is 0 Å². The zero-order chi connectivity index (χ0) is 7.84. The van der Waals surface area contributed by atoms with E-state index in [0.29, 0.717) is 0 Å². The first-order valence-corrected chi connectivity index (χ1v) is 3.82. The quantitative estimate of drug-likeness (QED) is 0.574. The van der Waals surface area contributed by atoms with Crippen LogP contribution < -0.4 is 0 Å². The van der Waals surface area contributed by atoms with Crippen LogP contribution in [0.3, 0.4) is 0 Å². The molecule has 0 saturated carbocycles. The molecule has 2 rings (SSSR count). The Balaban J connectivity index is 2.44. The minimum absolute atomic E-state index is 0.0809. The van der Waals surface area contributed by atoms with Crippen molar-refractivity contribution < 1.29 is 4.39 Å². The van der Waals surface area contributed by atoms with Gasteiger partial charge in [0.2, 0.25) is 0 Å². The Morgan fingerprint density at radius 3 is 2.73 bits per heavy atom. The standard InChI is InChI=1S/C10H9F/c1-2-7-3-4-9-8(5-7)6-10(9)11/h3-6H,2H2,1H3. The summed E-state index contributed by atoms with van der Waals surface area (Å²) in [5, 5.41) is 0. The molecule has 0 nitrogen and oxygen atoms in total. The molecule has 0 amide bonds. The van der Waals surface area contributed by atoms with Crippen LogP contribution in [-0.2, 0) is 6.42 Å². The molecule has 56 valence electrons. The van der Waals surface area contributed by atoms with Gasteiger partial charge in [0, 0.05) is 5.56 Å². The van der Waals surface area contributed by atoms with Crippen molar-refractivity contribution >= 4 is 11.9 Å². The predicted molar refractivity (Wildman–Crippen MR) is 44.8 cm³/mol. The molecule has 0 aliphatic heterocycles. The SMILES string of the molecule is CCc1ccc2c(c1)C=C2F. The van der Waals surface area contributed by atoms with Gasteiger partial charge >= 0.3 is 0 Å². The summed E-state index contributed by atoms with van der Waals surface area (Å²) in [6.45, 7) is 2.10. The third-order valence-corrected chi connectivity index (χ3v) is 2.06. The van der Waals surface area contributed by atoms with Gasteiger partial charge in [-0.15, -0.1) is 0 Å². The van der Waals surface area contributed by atoms with E-state index in [2.05, 4.69) is 6.92 Å². The number of fused-ring (bicyclic) bond motifs is 1. The molecule has 1 aromatic rings. The molecule has 1 heteroatoms. The number of rotatable bonds is 1. The van der Waals surface area contributed by atoms with Gasteiger partial charge < -0.3 is 0 Å². The Hall–Kier alpha value is -1.11. The van der Waals surface area contributed by atoms with Crippen molar-refractivity contribution in [3.63, 3.8) is 0 Å². The Labute approximate surface area is 65.4 Å². The molecule has 0 spiro atoms. The van der Waals surface area contributed by atoms with Crippen molar-refractivity contribution in [2.24, 2.45) is 0 Å². The molecule has 1 aliphatic rings. The summed E-state index contributed by atoms with van der Waals surface area (Å²) >= 11 is 0. The number of hydrogen-bond acceptors (Lipinski definition) is 0. The van der Waals surface area contributed by atoms with Crippen molar-refractivity contribution in [3.8, 4) is 0 Å². The van der Waals surface area contributed by atoms with Crippen LogP contribution in [0.2, 0.25) is 0 Å². The first kappa shape index (κ1) is 6.59. The number of halogens is 1. The fraction of sp³-hybridized carbons (Fsp3) is 0.200. The van der Waals surface area contributed by atoms with Crippen LogP contribution >= 0.6 is 0 Å². The minimum Gasteiger partial charge on any atom is -0.206 e. The van der Waals surface area contributed by atoms with Gasteiger partial charge in [-0.05, 0) is 23.6 Å². The monoisotopic (exact) mass is 148 g/mol. The van der Waals surface area contributed by atoms with Crippen molar-refractivity contribution in [2.45, 2.75) is 13.3 Å². The van der Waals surface area contributed by atoms with Crippen molar-refractivity contribution in [3.05, 3.63) is 34.9 Å². The largest absolute Gasteiger partial charge is 0.206 e.